The number of benzene rings is 1. The minimum Gasteiger partial charge on any atom is -0.507 e. The molecule has 0 amide bonds. The largest absolute Gasteiger partial charge is 0.507 e. The zero-order valence-electron chi connectivity index (χ0n) is 15.9. The van der Waals surface area contributed by atoms with Crippen LogP contribution in [0, 0.1) is 0 Å². The van der Waals surface area contributed by atoms with Crippen LogP contribution in [0.4, 0.5) is 4.39 Å². The van der Waals surface area contributed by atoms with Crippen molar-refractivity contribution >= 4 is 6.08 Å². The lowest BCUT2D eigenvalue weighted by Gasteiger charge is -2.39. The van der Waals surface area contributed by atoms with Gasteiger partial charge >= 0.3 is 0 Å². The summed E-state index contributed by atoms with van der Waals surface area (Å²) < 4.78 is 16.6. The van der Waals surface area contributed by atoms with E-state index < -0.39 is 6.17 Å². The molecule has 0 spiro atoms. The summed E-state index contributed by atoms with van der Waals surface area (Å²) >= 11 is 0. The summed E-state index contributed by atoms with van der Waals surface area (Å²) in [5, 5.41) is 22.3. The normalized spacial score (nSPS) is 25.3. The van der Waals surface area contributed by atoms with Crippen LogP contribution in [-0.4, -0.2) is 43.1 Å². The van der Waals surface area contributed by atoms with Crippen LogP contribution in [0.3, 0.4) is 0 Å². The summed E-state index contributed by atoms with van der Waals surface area (Å²) in [5.41, 5.74) is 3.42. The zero-order chi connectivity index (χ0) is 19.8. The van der Waals surface area contributed by atoms with Crippen LogP contribution >= 0.6 is 0 Å². The molecule has 3 aromatic rings. The molecule has 0 saturated carbocycles. The van der Waals surface area contributed by atoms with Gasteiger partial charge in [-0.25, -0.2) is 9.37 Å². The zero-order valence-corrected chi connectivity index (χ0v) is 15.9. The Bertz CT molecular complexity index is 1030. The standard InChI is InChI=1S/C22H22FN5O/c23-22-14(10-15-2-1-3-20(22)25-15)11-16-4-7-19(27-26-16)18-6-5-17(12-21(18)29)28-9-8-24-13-28/h4-9,11-13,15,20,22,25,29H,1-3,10H2/b14-11+/t15?,20?,22-/m1/s1. The number of imidazole rings is 1. The maximum atomic E-state index is 14.7. The molecule has 29 heavy (non-hydrogen) atoms. The van der Waals surface area contributed by atoms with Gasteiger partial charge in [-0.2, -0.15) is 5.10 Å². The molecule has 2 N–H and O–H groups in total. The van der Waals surface area contributed by atoms with Gasteiger partial charge in [0.2, 0.25) is 0 Å². The lowest BCUT2D eigenvalue weighted by molar-refractivity contribution is 0.179. The summed E-state index contributed by atoms with van der Waals surface area (Å²) in [6, 6.07) is 9.27. The molecule has 2 saturated heterocycles. The molecule has 2 aliphatic heterocycles. The Morgan fingerprint density at radius 2 is 2.10 bits per heavy atom. The lowest BCUT2D eigenvalue weighted by Crippen LogP contribution is -2.52. The van der Waals surface area contributed by atoms with E-state index in [1.807, 2.05) is 29.0 Å². The van der Waals surface area contributed by atoms with Gasteiger partial charge in [0, 0.05) is 36.1 Å². The van der Waals surface area contributed by atoms with Gasteiger partial charge in [0.15, 0.2) is 0 Å². The van der Waals surface area contributed by atoms with Crippen LogP contribution in [0.5, 0.6) is 5.75 Å². The predicted octanol–water partition coefficient (Wildman–Crippen LogP) is 3.67. The summed E-state index contributed by atoms with van der Waals surface area (Å²) in [6.45, 7) is 0. The maximum absolute atomic E-state index is 14.7. The number of hydrogen-bond acceptors (Lipinski definition) is 5. The molecule has 2 bridgehead atoms. The van der Waals surface area contributed by atoms with Crippen LogP contribution < -0.4 is 5.32 Å². The van der Waals surface area contributed by atoms with Gasteiger partial charge in [0.05, 0.1) is 23.4 Å². The SMILES string of the molecule is Oc1cc(-n2ccnc2)ccc1-c1ccc(/C=C2\CC3CCCC(N3)[C@@H]2F)nn1. The molecule has 0 aliphatic carbocycles. The van der Waals surface area contributed by atoms with Gasteiger partial charge in [0.1, 0.15) is 11.9 Å². The molecule has 2 unspecified atom stereocenters. The molecule has 4 heterocycles. The van der Waals surface area contributed by atoms with Crippen LogP contribution in [0.1, 0.15) is 31.4 Å². The first kappa shape index (κ1) is 18.0. The second-order valence-electron chi connectivity index (χ2n) is 7.74. The fourth-order valence-electron chi connectivity index (χ4n) is 4.30. The molecule has 2 aromatic heterocycles. The van der Waals surface area contributed by atoms with E-state index in [-0.39, 0.29) is 11.8 Å². The Morgan fingerprint density at radius 3 is 2.86 bits per heavy atom. The van der Waals surface area contributed by atoms with Crippen molar-refractivity contribution in [3.05, 3.63) is 60.3 Å². The highest BCUT2D eigenvalue weighted by Crippen LogP contribution is 2.33. The van der Waals surface area contributed by atoms with Crippen molar-refractivity contribution in [3.63, 3.8) is 0 Å². The fraction of sp³-hybridized carbons (Fsp3) is 0.318. The summed E-state index contributed by atoms with van der Waals surface area (Å²) in [5.74, 6) is 0.117. The molecular weight excluding hydrogens is 369 g/mol. The van der Waals surface area contributed by atoms with E-state index in [1.165, 1.54) is 0 Å². The van der Waals surface area contributed by atoms with Crippen molar-refractivity contribution in [3.8, 4) is 22.7 Å². The fourth-order valence-corrected chi connectivity index (χ4v) is 4.30. The van der Waals surface area contributed by atoms with Gasteiger partial charge < -0.3 is 15.0 Å². The molecular formula is C22H22FN5O. The van der Waals surface area contributed by atoms with Crippen LogP contribution in [0.25, 0.3) is 23.0 Å². The number of aromatic nitrogens is 4. The van der Waals surface area contributed by atoms with Gasteiger partial charge in [-0.05, 0) is 55.2 Å². The number of nitrogens with zero attached hydrogens (tertiary/aromatic N) is 4. The Kier molecular flexibility index (Phi) is 4.60. The van der Waals surface area contributed by atoms with Gasteiger partial charge in [0.25, 0.3) is 0 Å². The summed E-state index contributed by atoms with van der Waals surface area (Å²) in [6.07, 6.45) is 9.82. The maximum Gasteiger partial charge on any atom is 0.137 e. The molecule has 7 heteroatoms. The molecule has 1 aromatic carbocycles. The Hall–Kier alpha value is -3.06. The van der Waals surface area contributed by atoms with Crippen molar-refractivity contribution in [2.24, 2.45) is 0 Å². The van der Waals surface area contributed by atoms with Crippen molar-refractivity contribution in [2.75, 3.05) is 0 Å². The molecule has 3 atom stereocenters. The number of rotatable bonds is 3. The topological polar surface area (TPSA) is 75.9 Å². The molecule has 5 rings (SSSR count). The predicted molar refractivity (Wildman–Crippen MR) is 108 cm³/mol. The van der Waals surface area contributed by atoms with Crippen molar-refractivity contribution < 1.29 is 9.50 Å². The number of aromatic hydroxyl groups is 1. The third-order valence-electron chi connectivity index (χ3n) is 5.79. The Balaban J connectivity index is 1.38. The third kappa shape index (κ3) is 3.53. The molecule has 2 aliphatic rings. The number of hydrogen-bond donors (Lipinski definition) is 2. The Labute approximate surface area is 168 Å². The van der Waals surface area contributed by atoms with E-state index in [0.717, 1.165) is 36.9 Å². The first-order valence-corrected chi connectivity index (χ1v) is 9.93. The number of alkyl halides is 1. The first-order valence-electron chi connectivity index (χ1n) is 9.93. The van der Waals surface area contributed by atoms with E-state index in [9.17, 15) is 9.50 Å². The van der Waals surface area contributed by atoms with Crippen molar-refractivity contribution in [2.45, 2.75) is 43.9 Å². The van der Waals surface area contributed by atoms with Crippen molar-refractivity contribution in [1.82, 2.24) is 25.1 Å². The average molecular weight is 391 g/mol. The molecule has 148 valence electrons. The van der Waals surface area contributed by atoms with Gasteiger partial charge in [-0.3, -0.25) is 0 Å². The highest BCUT2D eigenvalue weighted by atomic mass is 19.1. The smallest absolute Gasteiger partial charge is 0.137 e. The van der Waals surface area contributed by atoms with E-state index in [2.05, 4.69) is 20.5 Å². The monoisotopic (exact) mass is 391 g/mol. The highest BCUT2D eigenvalue weighted by molar-refractivity contribution is 5.69. The van der Waals surface area contributed by atoms with Crippen molar-refractivity contribution in [1.29, 1.82) is 0 Å². The van der Waals surface area contributed by atoms with Crippen LogP contribution in [-0.2, 0) is 0 Å². The lowest BCUT2D eigenvalue weighted by atomic mass is 9.82. The summed E-state index contributed by atoms with van der Waals surface area (Å²) in [7, 11) is 0. The Morgan fingerprint density at radius 1 is 1.17 bits per heavy atom. The average Bonchev–Trinajstić information content (AvgIpc) is 3.28. The second-order valence-corrected chi connectivity index (χ2v) is 7.74. The number of phenolic OH excluding ortho intramolecular Hbond substituents is 1. The van der Waals surface area contributed by atoms with E-state index in [4.69, 9.17) is 0 Å². The summed E-state index contributed by atoms with van der Waals surface area (Å²) in [4.78, 5) is 4.01. The van der Waals surface area contributed by atoms with E-state index in [1.54, 1.807) is 30.7 Å². The molecule has 2 fully saturated rings. The quantitative estimate of drug-likeness (QED) is 0.713. The second kappa shape index (κ2) is 7.40. The van der Waals surface area contributed by atoms with E-state index >= 15 is 0 Å². The van der Waals surface area contributed by atoms with Gasteiger partial charge in [-0.15, -0.1) is 5.10 Å². The highest BCUT2D eigenvalue weighted by Gasteiger charge is 2.36. The molecule has 0 radical (unpaired) electrons. The number of fused-ring (bicyclic) bond motifs is 2. The first-order chi connectivity index (χ1) is 14.2. The van der Waals surface area contributed by atoms with E-state index in [0.29, 0.717) is 23.0 Å². The van der Waals surface area contributed by atoms with Crippen LogP contribution in [0.2, 0.25) is 0 Å². The number of phenols is 1. The number of nitrogens with one attached hydrogen (secondary N) is 1. The van der Waals surface area contributed by atoms with Crippen LogP contribution in [0.15, 0.2) is 54.6 Å². The minimum absolute atomic E-state index is 0.0769. The third-order valence-corrected chi connectivity index (χ3v) is 5.79. The minimum atomic E-state index is -0.965. The molecule has 6 nitrogen and oxygen atoms in total. The number of piperidine rings is 2. The van der Waals surface area contributed by atoms with Gasteiger partial charge in [-0.1, -0.05) is 6.42 Å². The number of halogens is 1.